The van der Waals surface area contributed by atoms with Crippen LogP contribution in [0.5, 0.6) is 0 Å². The van der Waals surface area contributed by atoms with Gasteiger partial charge in [-0.05, 0) is 31.7 Å². The Kier molecular flexibility index (Phi) is 6.37. The molecular weight excluding hydrogens is 410 g/mol. The summed E-state index contributed by atoms with van der Waals surface area (Å²) in [5.41, 5.74) is 8.01. The second-order valence-corrected chi connectivity index (χ2v) is 8.87. The first-order valence-electron chi connectivity index (χ1n) is 9.61. The maximum atomic E-state index is 13.9. The maximum Gasteiger partial charge on any atom is 0.248 e. The number of hydrazine groups is 1. The van der Waals surface area contributed by atoms with Crippen molar-refractivity contribution in [3.05, 3.63) is 46.0 Å². The number of carbonyl (C=O) groups excluding carboxylic acids is 1. The van der Waals surface area contributed by atoms with E-state index < -0.39 is 17.8 Å². The fourth-order valence-corrected chi connectivity index (χ4v) is 4.52. The molecule has 2 unspecified atom stereocenters. The summed E-state index contributed by atoms with van der Waals surface area (Å²) in [7, 11) is 1.55. The van der Waals surface area contributed by atoms with Crippen molar-refractivity contribution in [1.29, 1.82) is 0 Å². The van der Waals surface area contributed by atoms with Crippen molar-refractivity contribution < 1.29 is 13.6 Å². The molecule has 10 heteroatoms. The number of amidine groups is 1. The van der Waals surface area contributed by atoms with Gasteiger partial charge in [-0.1, -0.05) is 24.3 Å². The topological polar surface area (TPSA) is 110 Å². The number of alkyl halides is 2. The highest BCUT2D eigenvalue weighted by atomic mass is 32.1. The Morgan fingerprint density at radius 1 is 1.37 bits per heavy atom. The van der Waals surface area contributed by atoms with Gasteiger partial charge >= 0.3 is 0 Å². The minimum Gasteiger partial charge on any atom is -0.382 e. The molecule has 0 spiro atoms. The van der Waals surface area contributed by atoms with E-state index in [1.54, 1.807) is 31.3 Å². The summed E-state index contributed by atoms with van der Waals surface area (Å²) in [5.74, 6) is 1.44. The summed E-state index contributed by atoms with van der Waals surface area (Å²) in [6, 6.07) is 6.88. The number of hydrogen-bond acceptors (Lipinski definition) is 6. The summed E-state index contributed by atoms with van der Waals surface area (Å²) in [6.45, 7) is 3.78. The van der Waals surface area contributed by atoms with E-state index in [0.29, 0.717) is 16.3 Å². The molecule has 0 saturated heterocycles. The Hall–Kier alpha value is -2.59. The van der Waals surface area contributed by atoms with Crippen LogP contribution in [0.15, 0.2) is 29.4 Å². The number of aryl methyl sites for hydroxylation is 2. The van der Waals surface area contributed by atoms with Crippen LogP contribution >= 0.6 is 11.3 Å². The first-order chi connectivity index (χ1) is 14.1. The minimum atomic E-state index is -2.75. The Morgan fingerprint density at radius 3 is 2.53 bits per heavy atom. The lowest BCUT2D eigenvalue weighted by atomic mass is 9.83. The lowest BCUT2D eigenvalue weighted by Gasteiger charge is -2.23. The second-order valence-electron chi connectivity index (χ2n) is 7.67. The number of hydrazone groups is 1. The summed E-state index contributed by atoms with van der Waals surface area (Å²) in [6.07, 6.45) is -0.244. The number of rotatable bonds is 6. The number of anilines is 1. The Balaban J connectivity index is 1.88. The van der Waals surface area contributed by atoms with Gasteiger partial charge in [0.25, 0.3) is 0 Å². The molecule has 162 valence electrons. The molecule has 0 aliphatic heterocycles. The molecule has 1 heterocycles. The third kappa shape index (κ3) is 5.11. The molecule has 30 heavy (non-hydrogen) atoms. The van der Waals surface area contributed by atoms with Crippen molar-refractivity contribution in [2.75, 3.05) is 12.4 Å². The van der Waals surface area contributed by atoms with Gasteiger partial charge in [0.15, 0.2) is 11.0 Å². The number of nitrogens with two attached hydrogens (primary N) is 2. The largest absolute Gasteiger partial charge is 0.382 e. The zero-order valence-electron chi connectivity index (χ0n) is 17.2. The number of amides is 1. The number of halogens is 2. The van der Waals surface area contributed by atoms with Crippen molar-refractivity contribution in [3.63, 3.8) is 0 Å². The molecule has 1 fully saturated rings. The van der Waals surface area contributed by atoms with Gasteiger partial charge < -0.3 is 11.1 Å². The highest BCUT2D eigenvalue weighted by Crippen LogP contribution is 2.46. The van der Waals surface area contributed by atoms with Crippen LogP contribution in [0.4, 0.5) is 13.9 Å². The van der Waals surface area contributed by atoms with Gasteiger partial charge in [0.2, 0.25) is 11.8 Å². The van der Waals surface area contributed by atoms with E-state index in [9.17, 15) is 13.6 Å². The number of hydrogen-bond donors (Lipinski definition) is 3. The molecule has 1 aromatic carbocycles. The molecule has 1 aliphatic carbocycles. The van der Waals surface area contributed by atoms with Crippen molar-refractivity contribution in [3.8, 4) is 0 Å². The SMILES string of the molecule is Cc1nc(NC(=O)C(c2ccc(/C(N)=N/N(C)N)cc2)C2CCC(F)(F)C2)sc1C. The highest BCUT2D eigenvalue weighted by Gasteiger charge is 2.45. The predicted molar refractivity (Wildman–Crippen MR) is 114 cm³/mol. The number of benzene rings is 1. The van der Waals surface area contributed by atoms with Crippen LogP contribution in [-0.2, 0) is 4.79 Å². The van der Waals surface area contributed by atoms with Gasteiger partial charge in [0.05, 0.1) is 11.6 Å². The van der Waals surface area contributed by atoms with E-state index in [1.807, 2.05) is 13.8 Å². The molecule has 5 N–H and O–H groups in total. The van der Waals surface area contributed by atoms with Crippen LogP contribution < -0.4 is 16.9 Å². The molecule has 2 atom stereocenters. The molecule has 3 rings (SSSR count). The van der Waals surface area contributed by atoms with Crippen LogP contribution in [0.25, 0.3) is 0 Å². The van der Waals surface area contributed by atoms with E-state index in [4.69, 9.17) is 11.6 Å². The van der Waals surface area contributed by atoms with E-state index in [0.717, 1.165) is 15.7 Å². The third-order valence-electron chi connectivity index (χ3n) is 5.29. The van der Waals surface area contributed by atoms with Gasteiger partial charge in [-0.2, -0.15) is 0 Å². The highest BCUT2D eigenvalue weighted by molar-refractivity contribution is 7.15. The molecule has 1 aromatic heterocycles. The normalized spacial score (nSPS) is 19.5. The van der Waals surface area contributed by atoms with Crippen LogP contribution in [0.1, 0.15) is 46.9 Å². The van der Waals surface area contributed by atoms with Gasteiger partial charge in [-0.3, -0.25) is 4.79 Å². The number of carbonyl (C=O) groups is 1. The van der Waals surface area contributed by atoms with E-state index in [1.165, 1.54) is 11.3 Å². The number of nitrogens with zero attached hydrogens (tertiary/aromatic N) is 3. The van der Waals surface area contributed by atoms with Crippen molar-refractivity contribution >= 4 is 28.2 Å². The van der Waals surface area contributed by atoms with Crippen molar-refractivity contribution in [2.45, 2.75) is 45.0 Å². The van der Waals surface area contributed by atoms with E-state index in [-0.39, 0.29) is 31.0 Å². The van der Waals surface area contributed by atoms with E-state index >= 15 is 0 Å². The fourth-order valence-electron chi connectivity index (χ4n) is 3.70. The van der Waals surface area contributed by atoms with Gasteiger partial charge in [-0.15, -0.1) is 16.4 Å². The Bertz CT molecular complexity index is 922. The monoisotopic (exact) mass is 436 g/mol. The quantitative estimate of drug-likeness (QED) is 0.278. The number of aromatic nitrogens is 1. The summed E-state index contributed by atoms with van der Waals surface area (Å²) < 4.78 is 27.8. The first kappa shape index (κ1) is 22.1. The van der Waals surface area contributed by atoms with Crippen LogP contribution in [0.3, 0.4) is 0 Å². The smallest absolute Gasteiger partial charge is 0.248 e. The second kappa shape index (κ2) is 8.65. The molecule has 1 saturated carbocycles. The summed E-state index contributed by atoms with van der Waals surface area (Å²) in [4.78, 5) is 18.5. The number of thiazole rings is 1. The van der Waals surface area contributed by atoms with Crippen LogP contribution in [0, 0.1) is 19.8 Å². The van der Waals surface area contributed by atoms with E-state index in [2.05, 4.69) is 15.4 Å². The molecule has 2 aromatic rings. The predicted octanol–water partition coefficient (Wildman–Crippen LogP) is 3.34. The number of nitrogens with one attached hydrogen (secondary N) is 1. The molecule has 1 aliphatic rings. The van der Waals surface area contributed by atoms with Crippen LogP contribution in [0.2, 0.25) is 0 Å². The summed E-state index contributed by atoms with van der Waals surface area (Å²) >= 11 is 1.37. The molecular formula is C20H26F2N6OS. The Labute approximate surface area is 178 Å². The molecule has 0 bridgehead atoms. The Morgan fingerprint density at radius 2 is 2.03 bits per heavy atom. The van der Waals surface area contributed by atoms with Crippen molar-refractivity contribution in [1.82, 2.24) is 10.1 Å². The zero-order valence-corrected chi connectivity index (χ0v) is 18.0. The maximum absolute atomic E-state index is 13.9. The average molecular weight is 437 g/mol. The first-order valence-corrected chi connectivity index (χ1v) is 10.4. The van der Waals surface area contributed by atoms with Crippen molar-refractivity contribution in [2.24, 2.45) is 22.6 Å². The molecule has 1 amide bonds. The lowest BCUT2D eigenvalue weighted by Crippen LogP contribution is -2.28. The fraction of sp³-hybridized carbons (Fsp3) is 0.450. The minimum absolute atomic E-state index is 0.211. The average Bonchev–Trinajstić information content (AvgIpc) is 3.16. The standard InChI is InChI=1S/C20H26F2N6OS/c1-11-12(2)30-19(25-11)26-18(29)16(15-8-9-20(21,22)10-15)13-4-6-14(7-5-13)17(23)27-28(3)24/h4-7,15-16H,8-10,24H2,1-3H3,(H2,23,27)(H,25,26,29). The molecule has 7 nitrogen and oxygen atoms in total. The van der Waals surface area contributed by atoms with Crippen LogP contribution in [-0.4, -0.2) is 34.8 Å². The van der Waals surface area contributed by atoms with Gasteiger partial charge in [0, 0.05) is 30.3 Å². The summed E-state index contributed by atoms with van der Waals surface area (Å²) in [5, 5.41) is 8.33. The van der Waals surface area contributed by atoms with Gasteiger partial charge in [-0.25, -0.2) is 24.7 Å². The zero-order chi connectivity index (χ0) is 22.1. The third-order valence-corrected chi connectivity index (χ3v) is 6.27. The molecule has 0 radical (unpaired) electrons. The van der Waals surface area contributed by atoms with Gasteiger partial charge in [0.1, 0.15) is 0 Å². The lowest BCUT2D eigenvalue weighted by molar-refractivity contribution is -0.118.